The summed E-state index contributed by atoms with van der Waals surface area (Å²) >= 11 is 0. The Kier molecular flexibility index (Phi) is 11.3. The smallest absolute Gasteiger partial charge is 0.279 e. The third-order valence-corrected chi connectivity index (χ3v) is 4.38. The highest BCUT2D eigenvalue weighted by atomic mass is 32.2. The summed E-state index contributed by atoms with van der Waals surface area (Å²) in [5, 5.41) is 3.24. The molecule has 0 saturated heterocycles. The van der Waals surface area contributed by atoms with Crippen LogP contribution in [-0.4, -0.2) is 72.9 Å². The largest absolute Gasteiger partial charge is 0.382 e. The average Bonchev–Trinajstić information content (AvgIpc) is 2.42. The Bertz CT molecular complexity index is 325. The number of ether oxygens (including phenoxy) is 2. The lowest BCUT2D eigenvalue weighted by Crippen LogP contribution is -2.43. The van der Waals surface area contributed by atoms with E-state index in [9.17, 15) is 8.42 Å². The number of nitrogens with zero attached hydrogens (tertiary/aromatic N) is 1. The topological polar surface area (TPSA) is 79.9 Å². The van der Waals surface area contributed by atoms with Crippen molar-refractivity contribution in [2.75, 3.05) is 54.1 Å². The Hall–Kier alpha value is -0.250. The quantitative estimate of drug-likeness (QED) is 0.461. The predicted molar refractivity (Wildman–Crippen MR) is 80.0 cm³/mol. The summed E-state index contributed by atoms with van der Waals surface area (Å²) in [7, 11) is 1.19. The number of methoxy groups -OCH3 is 2. The molecule has 0 bridgehead atoms. The van der Waals surface area contributed by atoms with Crippen LogP contribution in [0, 0.1) is 0 Å². The molecule has 7 nitrogen and oxygen atoms in total. The fourth-order valence-corrected chi connectivity index (χ4v) is 2.54. The Morgan fingerprint density at radius 1 is 1.25 bits per heavy atom. The van der Waals surface area contributed by atoms with E-state index in [1.165, 1.54) is 11.4 Å². The van der Waals surface area contributed by atoms with Crippen LogP contribution < -0.4 is 10.0 Å². The highest BCUT2D eigenvalue weighted by molar-refractivity contribution is 7.87. The summed E-state index contributed by atoms with van der Waals surface area (Å²) in [6.07, 6.45) is 1.57. The van der Waals surface area contributed by atoms with Gasteiger partial charge in [0, 0.05) is 34.4 Å². The predicted octanol–water partition coefficient (Wildman–Crippen LogP) is -0.196. The maximum Gasteiger partial charge on any atom is 0.279 e. The number of hydrogen-bond acceptors (Lipinski definition) is 5. The Balaban J connectivity index is 4.01. The van der Waals surface area contributed by atoms with E-state index in [1.807, 2.05) is 0 Å². The molecule has 0 amide bonds. The first-order chi connectivity index (χ1) is 9.47. The van der Waals surface area contributed by atoms with Crippen LogP contribution in [0.1, 0.15) is 19.8 Å². The zero-order valence-corrected chi connectivity index (χ0v) is 13.8. The van der Waals surface area contributed by atoms with Crippen LogP contribution in [0.25, 0.3) is 0 Å². The lowest BCUT2D eigenvalue weighted by atomic mass is 10.4. The Labute approximate surface area is 123 Å². The second kappa shape index (κ2) is 11.4. The van der Waals surface area contributed by atoms with Crippen LogP contribution in [-0.2, 0) is 19.7 Å². The van der Waals surface area contributed by atoms with Crippen LogP contribution in [0.2, 0.25) is 0 Å². The molecule has 0 aliphatic heterocycles. The van der Waals surface area contributed by atoms with Gasteiger partial charge in [-0.3, -0.25) is 0 Å². The van der Waals surface area contributed by atoms with Crippen molar-refractivity contribution in [3.05, 3.63) is 0 Å². The van der Waals surface area contributed by atoms with Crippen molar-refractivity contribution in [3.63, 3.8) is 0 Å². The molecule has 0 aromatic rings. The number of hydrogen-bond donors (Lipinski definition) is 2. The fourth-order valence-electron chi connectivity index (χ4n) is 1.55. The summed E-state index contributed by atoms with van der Waals surface area (Å²) in [4.78, 5) is 0. The summed E-state index contributed by atoms with van der Waals surface area (Å²) < 4.78 is 37.8. The fraction of sp³-hybridized carbons (Fsp3) is 1.00. The first-order valence-corrected chi connectivity index (χ1v) is 8.35. The maximum absolute atomic E-state index is 12.0. The van der Waals surface area contributed by atoms with Gasteiger partial charge in [0.15, 0.2) is 0 Å². The van der Waals surface area contributed by atoms with Crippen LogP contribution in [0.5, 0.6) is 0 Å². The van der Waals surface area contributed by atoms with E-state index in [1.54, 1.807) is 14.2 Å². The SMILES string of the molecule is CCCNCCCN(C)S(=O)(=O)NCC(COC)OC. The molecule has 0 spiro atoms. The van der Waals surface area contributed by atoms with Gasteiger partial charge in [-0.1, -0.05) is 6.92 Å². The lowest BCUT2D eigenvalue weighted by Gasteiger charge is -2.20. The van der Waals surface area contributed by atoms with Crippen molar-refractivity contribution in [1.29, 1.82) is 0 Å². The third kappa shape index (κ3) is 8.83. The van der Waals surface area contributed by atoms with Gasteiger partial charge in [0.1, 0.15) is 0 Å². The summed E-state index contributed by atoms with van der Waals surface area (Å²) in [5.41, 5.74) is 0. The van der Waals surface area contributed by atoms with Gasteiger partial charge in [0.25, 0.3) is 10.2 Å². The van der Waals surface area contributed by atoms with Crippen LogP contribution in [0.4, 0.5) is 0 Å². The Morgan fingerprint density at radius 2 is 1.95 bits per heavy atom. The monoisotopic (exact) mass is 311 g/mol. The second-order valence-electron chi connectivity index (χ2n) is 4.59. The summed E-state index contributed by atoms with van der Waals surface area (Å²) in [5.74, 6) is 0. The van der Waals surface area contributed by atoms with Gasteiger partial charge in [-0.25, -0.2) is 0 Å². The molecular formula is C12H29N3O4S. The van der Waals surface area contributed by atoms with E-state index in [0.717, 1.165) is 25.9 Å². The van der Waals surface area contributed by atoms with E-state index in [0.29, 0.717) is 13.2 Å². The number of rotatable bonds is 13. The summed E-state index contributed by atoms with van der Waals surface area (Å²) in [6.45, 7) is 4.90. The van der Waals surface area contributed by atoms with Gasteiger partial charge in [-0.2, -0.15) is 17.4 Å². The molecule has 0 saturated carbocycles. The van der Waals surface area contributed by atoms with Crippen LogP contribution in [0.3, 0.4) is 0 Å². The molecule has 2 N–H and O–H groups in total. The minimum atomic E-state index is -3.46. The molecule has 0 aliphatic rings. The van der Waals surface area contributed by atoms with Crippen molar-refractivity contribution in [3.8, 4) is 0 Å². The van der Waals surface area contributed by atoms with Gasteiger partial charge in [0.05, 0.1) is 12.7 Å². The van der Waals surface area contributed by atoms with Crippen LogP contribution >= 0.6 is 0 Å². The molecule has 0 radical (unpaired) electrons. The van der Waals surface area contributed by atoms with Gasteiger partial charge in [-0.15, -0.1) is 0 Å². The molecule has 20 heavy (non-hydrogen) atoms. The first-order valence-electron chi connectivity index (χ1n) is 6.91. The third-order valence-electron chi connectivity index (χ3n) is 2.84. The lowest BCUT2D eigenvalue weighted by molar-refractivity contribution is 0.0318. The average molecular weight is 311 g/mol. The minimum absolute atomic E-state index is 0.200. The van der Waals surface area contributed by atoms with Gasteiger partial charge in [-0.05, 0) is 25.9 Å². The molecule has 0 rings (SSSR count). The Morgan fingerprint density at radius 3 is 2.50 bits per heavy atom. The molecule has 0 heterocycles. The van der Waals surface area contributed by atoms with E-state index in [4.69, 9.17) is 9.47 Å². The standard InChI is InChI=1S/C12H29N3O4S/c1-5-7-13-8-6-9-15(2)20(16,17)14-10-12(19-4)11-18-3/h12-14H,5-11H2,1-4H3. The van der Waals surface area contributed by atoms with Crippen LogP contribution in [0.15, 0.2) is 0 Å². The maximum atomic E-state index is 12.0. The zero-order valence-electron chi connectivity index (χ0n) is 13.0. The van der Waals surface area contributed by atoms with Crippen molar-refractivity contribution in [1.82, 2.24) is 14.3 Å². The van der Waals surface area contributed by atoms with E-state index >= 15 is 0 Å². The zero-order chi connectivity index (χ0) is 15.4. The molecule has 1 atom stereocenters. The van der Waals surface area contributed by atoms with E-state index < -0.39 is 10.2 Å². The van der Waals surface area contributed by atoms with E-state index in [-0.39, 0.29) is 12.6 Å². The number of nitrogens with one attached hydrogen (secondary N) is 2. The van der Waals surface area contributed by atoms with Gasteiger partial charge in [0.2, 0.25) is 0 Å². The summed E-state index contributed by atoms with van der Waals surface area (Å²) in [6, 6.07) is 0. The van der Waals surface area contributed by atoms with Crippen molar-refractivity contribution in [2.24, 2.45) is 0 Å². The molecule has 1 unspecified atom stereocenters. The van der Waals surface area contributed by atoms with Crippen molar-refractivity contribution in [2.45, 2.75) is 25.9 Å². The molecule has 0 aliphatic carbocycles. The normalized spacial score (nSPS) is 13.8. The second-order valence-corrected chi connectivity index (χ2v) is 6.45. The highest BCUT2D eigenvalue weighted by Gasteiger charge is 2.18. The van der Waals surface area contributed by atoms with Crippen molar-refractivity contribution >= 4 is 10.2 Å². The minimum Gasteiger partial charge on any atom is -0.382 e. The molecule has 0 aromatic carbocycles. The van der Waals surface area contributed by atoms with E-state index in [2.05, 4.69) is 17.0 Å². The molecule has 122 valence electrons. The molecule has 0 aromatic heterocycles. The van der Waals surface area contributed by atoms with Gasteiger partial charge < -0.3 is 14.8 Å². The molecular weight excluding hydrogens is 282 g/mol. The molecule has 8 heteroatoms. The first kappa shape index (κ1) is 19.8. The van der Waals surface area contributed by atoms with Gasteiger partial charge >= 0.3 is 0 Å². The molecule has 0 fully saturated rings. The van der Waals surface area contributed by atoms with Crippen molar-refractivity contribution < 1.29 is 17.9 Å². The highest BCUT2D eigenvalue weighted by Crippen LogP contribution is 1.97.